The van der Waals surface area contributed by atoms with E-state index in [1.807, 2.05) is 46.7 Å². The smallest absolute Gasteiger partial charge is 0.316 e. The van der Waals surface area contributed by atoms with Crippen LogP contribution in [-0.2, 0) is 23.9 Å². The van der Waals surface area contributed by atoms with Crippen molar-refractivity contribution >= 4 is 17.5 Å². The molecule has 0 aromatic carbocycles. The number of aliphatic hydroxyl groups excluding tert-OH is 1. The molecule has 0 unspecified atom stereocenters. The predicted molar refractivity (Wildman–Crippen MR) is 140 cm³/mol. The lowest BCUT2D eigenvalue weighted by atomic mass is 9.71. The fourth-order valence-electron chi connectivity index (χ4n) is 5.14. The summed E-state index contributed by atoms with van der Waals surface area (Å²) in [5.41, 5.74) is -1.95. The van der Waals surface area contributed by atoms with Crippen LogP contribution in [0.15, 0.2) is 5.16 Å². The van der Waals surface area contributed by atoms with Gasteiger partial charge in [0.2, 0.25) is 0 Å². The zero-order valence-corrected chi connectivity index (χ0v) is 24.2. The first kappa shape index (κ1) is 32.5. The summed E-state index contributed by atoms with van der Waals surface area (Å²) >= 11 is 0. The zero-order valence-electron chi connectivity index (χ0n) is 24.2. The van der Waals surface area contributed by atoms with Gasteiger partial charge in [0.1, 0.15) is 30.0 Å². The molecule has 9 heteroatoms. The average molecular weight is 515 g/mol. The first-order chi connectivity index (χ1) is 16.5. The fraction of sp³-hybridized carbons (Fsp3) is 0.889. The predicted octanol–water partition coefficient (Wildman–Crippen LogP) is 2.91. The topological polar surface area (TPSA) is 118 Å². The highest BCUT2D eigenvalue weighted by Gasteiger charge is 2.48. The van der Waals surface area contributed by atoms with Gasteiger partial charge >= 0.3 is 5.97 Å². The minimum absolute atomic E-state index is 0.206. The third-order valence-electron chi connectivity index (χ3n) is 8.24. The number of likely N-dealkylation sites (N-methyl/N-ethyl adjacent to an activating group) is 1. The van der Waals surface area contributed by atoms with Gasteiger partial charge < -0.3 is 29.4 Å². The third-order valence-corrected chi connectivity index (χ3v) is 8.24. The lowest BCUT2D eigenvalue weighted by Gasteiger charge is -2.43. The molecule has 0 bridgehead atoms. The van der Waals surface area contributed by atoms with Gasteiger partial charge in [0.25, 0.3) is 0 Å². The maximum Gasteiger partial charge on any atom is 0.316 e. The number of esters is 1. The summed E-state index contributed by atoms with van der Waals surface area (Å²) in [6.45, 7) is 15.2. The van der Waals surface area contributed by atoms with Crippen molar-refractivity contribution in [3.63, 3.8) is 0 Å². The molecule has 1 rings (SSSR count). The average Bonchev–Trinajstić information content (AvgIpc) is 2.83. The van der Waals surface area contributed by atoms with Crippen molar-refractivity contribution < 1.29 is 34.1 Å². The molecule has 0 aliphatic carbocycles. The number of oxime groups is 1. The van der Waals surface area contributed by atoms with Gasteiger partial charge in [-0.1, -0.05) is 39.8 Å². The highest BCUT2D eigenvalue weighted by molar-refractivity contribution is 5.99. The standard InChI is InChI=1S/C27H50N2O7/c1-12-21-27(8,33)24(31)18(4)22(28-35-14-13-29(9)10)16(2)15-26(7,34-11)20(6)17(3)23(30)19(5)25(32)36-21/h16-21,24,31,33H,12-15H2,1-11H3/b28-22+/t16-,17-,18+,19-,20-,21-,24+,26-,27-/m1/s1. The van der Waals surface area contributed by atoms with E-state index in [2.05, 4.69) is 5.16 Å². The summed E-state index contributed by atoms with van der Waals surface area (Å²) in [5.74, 6) is -3.49. The zero-order chi connectivity index (χ0) is 28.0. The van der Waals surface area contributed by atoms with E-state index in [0.717, 1.165) is 0 Å². The quantitative estimate of drug-likeness (QED) is 0.240. The second-order valence-electron chi connectivity index (χ2n) is 11.3. The fourth-order valence-corrected chi connectivity index (χ4v) is 5.14. The number of ether oxygens (including phenoxy) is 2. The summed E-state index contributed by atoms with van der Waals surface area (Å²) in [5, 5.41) is 27.2. The lowest BCUT2D eigenvalue weighted by molar-refractivity contribution is -0.187. The number of carbonyl (C=O) groups is 2. The molecule has 1 aliphatic heterocycles. The van der Waals surface area contributed by atoms with Crippen molar-refractivity contribution in [3.05, 3.63) is 0 Å². The Balaban J connectivity index is 3.60. The molecule has 210 valence electrons. The Morgan fingerprint density at radius 1 is 1.11 bits per heavy atom. The number of hydrogen-bond acceptors (Lipinski definition) is 9. The van der Waals surface area contributed by atoms with Crippen molar-refractivity contribution in [2.75, 3.05) is 34.4 Å². The van der Waals surface area contributed by atoms with E-state index in [0.29, 0.717) is 25.3 Å². The third kappa shape index (κ3) is 7.49. The highest BCUT2D eigenvalue weighted by atomic mass is 16.6. The molecule has 2 N–H and O–H groups in total. The summed E-state index contributed by atoms with van der Waals surface area (Å²) in [7, 11) is 5.48. The van der Waals surface area contributed by atoms with Crippen LogP contribution < -0.4 is 0 Å². The van der Waals surface area contributed by atoms with Crippen molar-refractivity contribution in [2.24, 2.45) is 34.7 Å². The Morgan fingerprint density at radius 2 is 1.69 bits per heavy atom. The van der Waals surface area contributed by atoms with E-state index in [-0.39, 0.29) is 24.0 Å². The Kier molecular flexibility index (Phi) is 12.0. The minimum atomic E-state index is -1.79. The van der Waals surface area contributed by atoms with Gasteiger partial charge in [-0.25, -0.2) is 0 Å². The molecule has 0 aromatic heterocycles. The maximum absolute atomic E-state index is 13.3. The van der Waals surface area contributed by atoms with Crippen molar-refractivity contribution in [1.29, 1.82) is 0 Å². The largest absolute Gasteiger partial charge is 0.459 e. The Hall–Kier alpha value is -1.55. The molecular formula is C27H50N2O7. The first-order valence-corrected chi connectivity index (χ1v) is 13.1. The minimum Gasteiger partial charge on any atom is -0.459 e. The molecule has 0 amide bonds. The van der Waals surface area contributed by atoms with Gasteiger partial charge in [0.05, 0.1) is 17.4 Å². The van der Waals surface area contributed by atoms with E-state index >= 15 is 0 Å². The molecule has 9 nitrogen and oxygen atoms in total. The maximum atomic E-state index is 13.3. The second-order valence-corrected chi connectivity index (χ2v) is 11.3. The van der Waals surface area contributed by atoms with Crippen LogP contribution in [0.5, 0.6) is 0 Å². The normalized spacial score (nSPS) is 40.7. The molecule has 9 atom stereocenters. The molecule has 0 saturated carbocycles. The Morgan fingerprint density at radius 3 is 2.19 bits per heavy atom. The van der Waals surface area contributed by atoms with Gasteiger partial charge in [-0.05, 0) is 53.6 Å². The number of carbonyl (C=O) groups excluding carboxylic acids is 2. The summed E-state index contributed by atoms with van der Waals surface area (Å²) < 4.78 is 11.6. The van der Waals surface area contributed by atoms with Crippen molar-refractivity contribution in [3.8, 4) is 0 Å². The van der Waals surface area contributed by atoms with Crippen LogP contribution in [-0.4, -0.2) is 90.3 Å². The van der Waals surface area contributed by atoms with Crippen LogP contribution in [0.4, 0.5) is 0 Å². The van der Waals surface area contributed by atoms with Gasteiger partial charge in [-0.15, -0.1) is 0 Å². The number of aliphatic hydroxyl groups is 2. The number of cyclic esters (lactones) is 1. The molecule has 0 spiro atoms. The molecule has 1 heterocycles. The van der Waals surface area contributed by atoms with Gasteiger partial charge in [-0.2, -0.15) is 0 Å². The van der Waals surface area contributed by atoms with Crippen molar-refractivity contribution in [1.82, 2.24) is 4.90 Å². The Bertz CT molecular complexity index is 769. The number of Topliss-reactive ketones (excluding diaryl/α,β-unsaturated/α-hetero) is 1. The summed E-state index contributed by atoms with van der Waals surface area (Å²) in [6, 6.07) is 0. The SMILES string of the molecule is CC[C@H]1OC(=O)[C@H](C)C(=O)[C@H](C)[C@@H](C)[C@](C)(OC)C[C@@H](C)/C(=N\OCCN(C)C)[C@H](C)[C@H](O)[C@]1(C)O. The first-order valence-electron chi connectivity index (χ1n) is 13.1. The monoisotopic (exact) mass is 514 g/mol. The van der Waals surface area contributed by atoms with E-state index in [1.54, 1.807) is 21.0 Å². The second kappa shape index (κ2) is 13.3. The van der Waals surface area contributed by atoms with Crippen LogP contribution in [0.1, 0.15) is 68.2 Å². The molecule has 1 fully saturated rings. The summed E-state index contributed by atoms with van der Waals surface area (Å²) in [6.07, 6.45) is -1.57. The van der Waals surface area contributed by atoms with Crippen molar-refractivity contribution in [2.45, 2.75) is 91.6 Å². The number of nitrogens with zero attached hydrogens (tertiary/aromatic N) is 2. The molecule has 0 aromatic rings. The van der Waals surface area contributed by atoms with Gasteiger partial charge in [0, 0.05) is 31.4 Å². The van der Waals surface area contributed by atoms with E-state index in [9.17, 15) is 19.8 Å². The number of rotatable bonds is 6. The van der Waals surface area contributed by atoms with E-state index in [4.69, 9.17) is 14.3 Å². The van der Waals surface area contributed by atoms with Crippen LogP contribution >= 0.6 is 0 Å². The molecule has 1 saturated heterocycles. The highest BCUT2D eigenvalue weighted by Crippen LogP contribution is 2.38. The van der Waals surface area contributed by atoms with Crippen LogP contribution in [0, 0.1) is 29.6 Å². The van der Waals surface area contributed by atoms with Crippen LogP contribution in [0.25, 0.3) is 0 Å². The van der Waals surface area contributed by atoms with Crippen LogP contribution in [0.3, 0.4) is 0 Å². The Labute approximate surface area is 217 Å². The summed E-state index contributed by atoms with van der Waals surface area (Å²) in [4.78, 5) is 33.8. The van der Waals surface area contributed by atoms with Gasteiger partial charge in [0.15, 0.2) is 0 Å². The number of methoxy groups -OCH3 is 1. The van der Waals surface area contributed by atoms with Gasteiger partial charge in [-0.3, -0.25) is 9.59 Å². The molecule has 36 heavy (non-hydrogen) atoms. The molecular weight excluding hydrogens is 464 g/mol. The molecule has 1 aliphatic rings. The van der Waals surface area contributed by atoms with E-state index in [1.165, 1.54) is 13.8 Å². The van der Waals surface area contributed by atoms with Crippen LogP contribution in [0.2, 0.25) is 0 Å². The lowest BCUT2D eigenvalue weighted by Crippen LogP contribution is -2.56. The number of hydrogen-bond donors (Lipinski definition) is 2. The molecule has 0 radical (unpaired) electrons. The van der Waals surface area contributed by atoms with E-state index < -0.39 is 47.1 Å². The number of ketones is 1.